The van der Waals surface area contributed by atoms with Crippen LogP contribution in [0.15, 0.2) is 0 Å². The lowest BCUT2D eigenvalue weighted by atomic mass is 9.88. The molecule has 4 atom stereocenters. The predicted octanol–water partition coefficient (Wildman–Crippen LogP) is -0.324. The number of fused-ring (bicyclic) bond motifs is 1. The van der Waals surface area contributed by atoms with Gasteiger partial charge in [-0.15, -0.1) is 0 Å². The van der Waals surface area contributed by atoms with Gasteiger partial charge in [0, 0.05) is 18.9 Å². The number of amides is 3. The molecule has 2 fully saturated rings. The Labute approximate surface area is 153 Å². The molecule has 2 aliphatic heterocycles. The second-order valence-electron chi connectivity index (χ2n) is 8.43. The van der Waals surface area contributed by atoms with Gasteiger partial charge in [-0.1, -0.05) is 27.7 Å². The highest BCUT2D eigenvalue weighted by atomic mass is 16.3. The molecule has 26 heavy (non-hydrogen) atoms. The number of aliphatic hydroxyl groups is 1. The summed E-state index contributed by atoms with van der Waals surface area (Å²) in [6.45, 7) is 7.25. The maximum absolute atomic E-state index is 12.6. The molecule has 2 aliphatic rings. The summed E-state index contributed by atoms with van der Waals surface area (Å²) in [5, 5.41) is 10.3. The summed E-state index contributed by atoms with van der Waals surface area (Å²) in [5.74, 6) is -1.71. The van der Waals surface area contributed by atoms with Crippen LogP contribution in [0.4, 0.5) is 0 Å². The average molecular weight is 367 g/mol. The van der Waals surface area contributed by atoms with E-state index in [-0.39, 0.29) is 30.7 Å². The van der Waals surface area contributed by atoms with Gasteiger partial charge in [0.15, 0.2) is 5.78 Å². The van der Waals surface area contributed by atoms with Gasteiger partial charge in [-0.3, -0.25) is 19.2 Å². The molecule has 0 saturated carbocycles. The Morgan fingerprint density at radius 1 is 1.27 bits per heavy atom. The summed E-state index contributed by atoms with van der Waals surface area (Å²) in [6, 6.07) is -1.04. The van der Waals surface area contributed by atoms with Crippen LogP contribution in [0.25, 0.3) is 0 Å². The molecule has 2 rings (SSSR count). The number of nitrogens with zero attached hydrogens (tertiary/aromatic N) is 2. The summed E-state index contributed by atoms with van der Waals surface area (Å²) < 4.78 is 0. The Balaban J connectivity index is 2.06. The van der Waals surface area contributed by atoms with Gasteiger partial charge in [0.05, 0.1) is 12.6 Å². The van der Waals surface area contributed by atoms with E-state index in [1.54, 1.807) is 27.7 Å². The average Bonchev–Trinajstić information content (AvgIpc) is 3.11. The minimum Gasteiger partial charge on any atom is -0.383 e. The molecule has 0 aromatic heterocycles. The summed E-state index contributed by atoms with van der Waals surface area (Å²) >= 11 is 0. The van der Waals surface area contributed by atoms with Gasteiger partial charge in [-0.05, 0) is 18.3 Å². The monoisotopic (exact) mass is 367 g/mol. The van der Waals surface area contributed by atoms with Crippen LogP contribution in [0.3, 0.4) is 0 Å². The second kappa shape index (κ2) is 7.34. The van der Waals surface area contributed by atoms with Crippen LogP contribution in [0.5, 0.6) is 0 Å². The Hall–Kier alpha value is -1.96. The third kappa shape index (κ3) is 3.90. The molecule has 0 bridgehead atoms. The number of rotatable bonds is 5. The number of hydrogen-bond acceptors (Lipinski definition) is 5. The van der Waals surface area contributed by atoms with Crippen LogP contribution < -0.4 is 5.73 Å². The second-order valence-corrected chi connectivity index (χ2v) is 8.43. The van der Waals surface area contributed by atoms with Crippen LogP contribution in [0, 0.1) is 11.3 Å². The fourth-order valence-corrected chi connectivity index (χ4v) is 3.54. The quantitative estimate of drug-likeness (QED) is 0.689. The Morgan fingerprint density at radius 2 is 1.88 bits per heavy atom. The van der Waals surface area contributed by atoms with E-state index in [4.69, 9.17) is 5.73 Å². The smallest absolute Gasteiger partial charge is 0.252 e. The third-order valence-corrected chi connectivity index (χ3v) is 5.36. The molecular weight excluding hydrogens is 338 g/mol. The fraction of sp³-hybridized carbons (Fsp3) is 0.778. The normalized spacial score (nSPS) is 25.2. The van der Waals surface area contributed by atoms with E-state index in [1.807, 2.05) is 0 Å². The Kier molecular flexibility index (Phi) is 5.75. The zero-order chi connectivity index (χ0) is 19.8. The van der Waals surface area contributed by atoms with E-state index in [0.717, 1.165) is 0 Å². The number of likely N-dealkylation sites (tertiary alicyclic amines) is 2. The first-order chi connectivity index (χ1) is 11.9. The molecule has 0 spiro atoms. The van der Waals surface area contributed by atoms with Crippen molar-refractivity contribution in [2.75, 3.05) is 13.1 Å². The van der Waals surface area contributed by atoms with Crippen LogP contribution in [-0.2, 0) is 19.2 Å². The maximum Gasteiger partial charge on any atom is 0.252 e. The largest absolute Gasteiger partial charge is 0.383 e. The molecule has 8 nitrogen and oxygen atoms in total. The minimum absolute atomic E-state index is 0.0806. The van der Waals surface area contributed by atoms with Crippen LogP contribution in [-0.4, -0.2) is 69.7 Å². The topological polar surface area (TPSA) is 121 Å². The van der Waals surface area contributed by atoms with Crippen molar-refractivity contribution in [1.29, 1.82) is 0 Å². The van der Waals surface area contributed by atoms with E-state index in [9.17, 15) is 24.3 Å². The standard InChI is InChI=1S/C18H29N3O5/c1-10(16(19)25)5-6-13(23)20-8-7-11-14(20)12(22)9-21(11)17(26)15(24)18(2,3)4/h10-11,14-15,24H,5-9H2,1-4H3,(H2,19,25). The zero-order valence-corrected chi connectivity index (χ0v) is 15.9. The molecular formula is C18H29N3O5. The highest BCUT2D eigenvalue weighted by Crippen LogP contribution is 2.32. The summed E-state index contributed by atoms with van der Waals surface area (Å²) in [5.41, 5.74) is 4.58. The van der Waals surface area contributed by atoms with Gasteiger partial charge in [-0.2, -0.15) is 0 Å². The molecule has 2 saturated heterocycles. The van der Waals surface area contributed by atoms with E-state index < -0.39 is 35.3 Å². The molecule has 0 aromatic rings. The van der Waals surface area contributed by atoms with Gasteiger partial charge in [0.1, 0.15) is 12.1 Å². The predicted molar refractivity (Wildman–Crippen MR) is 93.7 cm³/mol. The number of carbonyl (C=O) groups excluding carboxylic acids is 4. The number of hydrogen-bond donors (Lipinski definition) is 2. The summed E-state index contributed by atoms with van der Waals surface area (Å²) in [6.07, 6.45) is -0.216. The highest BCUT2D eigenvalue weighted by molar-refractivity contribution is 5.98. The maximum atomic E-state index is 12.6. The molecule has 2 heterocycles. The highest BCUT2D eigenvalue weighted by Gasteiger charge is 2.52. The van der Waals surface area contributed by atoms with Crippen molar-refractivity contribution in [3.63, 3.8) is 0 Å². The molecule has 8 heteroatoms. The first-order valence-electron chi connectivity index (χ1n) is 9.05. The molecule has 0 radical (unpaired) electrons. The van der Waals surface area contributed by atoms with Crippen molar-refractivity contribution in [2.45, 2.75) is 65.1 Å². The third-order valence-electron chi connectivity index (χ3n) is 5.36. The SMILES string of the molecule is CC(CCC(=O)N1CCC2C1C(=O)CN2C(=O)C(O)C(C)(C)C)C(N)=O. The van der Waals surface area contributed by atoms with E-state index >= 15 is 0 Å². The van der Waals surface area contributed by atoms with E-state index in [0.29, 0.717) is 19.4 Å². The van der Waals surface area contributed by atoms with Gasteiger partial charge in [0.25, 0.3) is 5.91 Å². The lowest BCUT2D eigenvalue weighted by Crippen LogP contribution is -2.48. The van der Waals surface area contributed by atoms with Crippen molar-refractivity contribution in [1.82, 2.24) is 9.80 Å². The molecule has 3 amide bonds. The number of carbonyl (C=O) groups is 4. The number of nitrogens with two attached hydrogens (primary N) is 1. The first kappa shape index (κ1) is 20.4. The van der Waals surface area contributed by atoms with Gasteiger partial charge >= 0.3 is 0 Å². The van der Waals surface area contributed by atoms with Gasteiger partial charge in [-0.25, -0.2) is 0 Å². The summed E-state index contributed by atoms with van der Waals surface area (Å²) in [4.78, 5) is 51.6. The fourth-order valence-electron chi connectivity index (χ4n) is 3.54. The van der Waals surface area contributed by atoms with Gasteiger partial charge < -0.3 is 20.6 Å². The van der Waals surface area contributed by atoms with Crippen LogP contribution in [0.2, 0.25) is 0 Å². The van der Waals surface area contributed by atoms with Crippen molar-refractivity contribution < 1.29 is 24.3 Å². The van der Waals surface area contributed by atoms with Crippen molar-refractivity contribution in [2.24, 2.45) is 17.1 Å². The number of aliphatic hydroxyl groups excluding tert-OH is 1. The molecule has 3 N–H and O–H groups in total. The number of Topliss-reactive ketones (excluding diaryl/α,β-unsaturated/α-hetero) is 1. The lowest BCUT2D eigenvalue weighted by Gasteiger charge is -2.31. The van der Waals surface area contributed by atoms with E-state index in [1.165, 1.54) is 9.80 Å². The van der Waals surface area contributed by atoms with E-state index in [2.05, 4.69) is 0 Å². The molecule has 0 aliphatic carbocycles. The van der Waals surface area contributed by atoms with Gasteiger partial charge in [0.2, 0.25) is 11.8 Å². The first-order valence-corrected chi connectivity index (χ1v) is 9.05. The van der Waals surface area contributed by atoms with Crippen molar-refractivity contribution in [3.05, 3.63) is 0 Å². The Morgan fingerprint density at radius 3 is 2.42 bits per heavy atom. The van der Waals surface area contributed by atoms with Crippen LogP contribution in [0.1, 0.15) is 47.0 Å². The minimum atomic E-state index is -1.20. The number of primary amides is 1. The molecule has 146 valence electrons. The van der Waals surface area contributed by atoms with Crippen molar-refractivity contribution >= 4 is 23.5 Å². The number of ketones is 1. The zero-order valence-electron chi connectivity index (χ0n) is 15.9. The molecule has 4 unspecified atom stereocenters. The van der Waals surface area contributed by atoms with Crippen LogP contribution >= 0.6 is 0 Å². The van der Waals surface area contributed by atoms with Crippen molar-refractivity contribution in [3.8, 4) is 0 Å². The molecule has 0 aromatic carbocycles. The summed E-state index contributed by atoms with van der Waals surface area (Å²) in [7, 11) is 0. The Bertz CT molecular complexity index is 612. The lowest BCUT2D eigenvalue weighted by molar-refractivity contribution is -0.147.